The zero-order valence-electron chi connectivity index (χ0n) is 9.95. The van der Waals surface area contributed by atoms with Crippen molar-refractivity contribution in [3.05, 3.63) is 0 Å². The van der Waals surface area contributed by atoms with Crippen LogP contribution in [0.3, 0.4) is 0 Å². The zero-order chi connectivity index (χ0) is 11.7. The summed E-state index contributed by atoms with van der Waals surface area (Å²) >= 11 is 0. The first-order valence-corrected chi connectivity index (χ1v) is 5.51. The van der Waals surface area contributed by atoms with E-state index in [2.05, 4.69) is 10.1 Å². The molecular weight excluding hydrogens is 194 g/mol. The zero-order valence-corrected chi connectivity index (χ0v) is 9.95. The highest BCUT2D eigenvalue weighted by atomic mass is 16.5. The van der Waals surface area contributed by atoms with Crippen molar-refractivity contribution >= 4 is 5.97 Å². The number of rotatable bonds is 8. The van der Waals surface area contributed by atoms with Crippen molar-refractivity contribution in [2.75, 3.05) is 20.3 Å². The number of esters is 1. The normalized spacial score (nSPS) is 14.7. The van der Waals surface area contributed by atoms with E-state index in [9.17, 15) is 4.79 Å². The molecule has 0 aromatic rings. The lowest BCUT2D eigenvalue weighted by Gasteiger charge is -2.13. The molecule has 0 aliphatic rings. The molecule has 0 heterocycles. The predicted octanol–water partition coefficient (Wildman–Crippen LogP) is 0.936. The minimum Gasteiger partial charge on any atom is -0.469 e. The van der Waals surface area contributed by atoms with Gasteiger partial charge in [0.25, 0.3) is 0 Å². The van der Waals surface area contributed by atoms with Crippen molar-refractivity contribution in [3.63, 3.8) is 0 Å². The standard InChI is InChI=1S/C11H23NO3/c1-9(8-13)5-4-6-12-10(2)7-11(14)15-3/h9-10,12-13H,4-8H2,1-3H3. The monoisotopic (exact) mass is 217 g/mol. The maximum atomic E-state index is 10.9. The summed E-state index contributed by atoms with van der Waals surface area (Å²) in [4.78, 5) is 10.9. The summed E-state index contributed by atoms with van der Waals surface area (Å²) in [6, 6.07) is 0.155. The van der Waals surface area contributed by atoms with E-state index in [0.717, 1.165) is 19.4 Å². The van der Waals surface area contributed by atoms with Gasteiger partial charge < -0.3 is 15.2 Å². The van der Waals surface area contributed by atoms with Crippen molar-refractivity contribution in [2.45, 2.75) is 39.2 Å². The molecule has 0 radical (unpaired) electrons. The fraction of sp³-hybridized carbons (Fsp3) is 0.909. The second kappa shape index (κ2) is 8.68. The highest BCUT2D eigenvalue weighted by molar-refractivity contribution is 5.69. The van der Waals surface area contributed by atoms with Crippen molar-refractivity contribution in [1.29, 1.82) is 0 Å². The molecular formula is C11H23NO3. The third kappa shape index (κ3) is 8.39. The molecule has 0 saturated heterocycles. The van der Waals surface area contributed by atoms with Gasteiger partial charge in [0, 0.05) is 12.6 Å². The Morgan fingerprint density at radius 1 is 1.47 bits per heavy atom. The summed E-state index contributed by atoms with van der Waals surface area (Å²) in [7, 11) is 1.40. The quantitative estimate of drug-likeness (QED) is 0.469. The minimum absolute atomic E-state index is 0.155. The van der Waals surface area contributed by atoms with Crippen LogP contribution >= 0.6 is 0 Å². The van der Waals surface area contributed by atoms with Gasteiger partial charge in [0.05, 0.1) is 13.5 Å². The molecule has 2 atom stereocenters. The number of hydrogen-bond acceptors (Lipinski definition) is 4. The second-order valence-electron chi connectivity index (χ2n) is 4.07. The number of aliphatic hydroxyl groups is 1. The van der Waals surface area contributed by atoms with Crippen molar-refractivity contribution < 1.29 is 14.6 Å². The Morgan fingerprint density at radius 3 is 2.67 bits per heavy atom. The largest absolute Gasteiger partial charge is 0.469 e. The number of aliphatic hydroxyl groups excluding tert-OH is 1. The van der Waals surface area contributed by atoms with E-state index in [1.165, 1.54) is 7.11 Å². The van der Waals surface area contributed by atoms with Gasteiger partial charge in [-0.15, -0.1) is 0 Å². The van der Waals surface area contributed by atoms with Gasteiger partial charge in [-0.25, -0.2) is 0 Å². The highest BCUT2D eigenvalue weighted by Crippen LogP contribution is 2.03. The van der Waals surface area contributed by atoms with Crippen LogP contribution in [-0.4, -0.2) is 37.4 Å². The summed E-state index contributed by atoms with van der Waals surface area (Å²) in [5.41, 5.74) is 0. The Hall–Kier alpha value is -0.610. The van der Waals surface area contributed by atoms with Crippen molar-refractivity contribution in [3.8, 4) is 0 Å². The first-order chi connectivity index (χ1) is 7.10. The lowest BCUT2D eigenvalue weighted by molar-refractivity contribution is -0.141. The number of carbonyl (C=O) groups excluding carboxylic acids is 1. The molecule has 0 bridgehead atoms. The minimum atomic E-state index is -0.182. The van der Waals surface area contributed by atoms with E-state index >= 15 is 0 Å². The van der Waals surface area contributed by atoms with E-state index in [4.69, 9.17) is 5.11 Å². The Morgan fingerprint density at radius 2 is 2.13 bits per heavy atom. The first kappa shape index (κ1) is 14.4. The molecule has 90 valence electrons. The van der Waals surface area contributed by atoms with E-state index in [1.54, 1.807) is 0 Å². The fourth-order valence-corrected chi connectivity index (χ4v) is 1.30. The molecule has 4 nitrogen and oxygen atoms in total. The van der Waals surface area contributed by atoms with Gasteiger partial charge in [0.1, 0.15) is 0 Å². The van der Waals surface area contributed by atoms with E-state index < -0.39 is 0 Å². The maximum Gasteiger partial charge on any atom is 0.307 e. The molecule has 2 N–H and O–H groups in total. The summed E-state index contributed by atoms with van der Waals surface area (Å²) in [6.45, 7) is 5.12. The van der Waals surface area contributed by atoms with Crippen molar-refractivity contribution in [2.24, 2.45) is 5.92 Å². The second-order valence-corrected chi connectivity index (χ2v) is 4.07. The molecule has 0 fully saturated rings. The number of methoxy groups -OCH3 is 1. The van der Waals surface area contributed by atoms with Gasteiger partial charge in [0.2, 0.25) is 0 Å². The molecule has 0 amide bonds. The van der Waals surface area contributed by atoms with Gasteiger partial charge in [-0.05, 0) is 32.2 Å². The molecule has 0 saturated carbocycles. The van der Waals surface area contributed by atoms with Gasteiger partial charge in [0.15, 0.2) is 0 Å². The van der Waals surface area contributed by atoms with Crippen LogP contribution in [0.2, 0.25) is 0 Å². The number of nitrogens with one attached hydrogen (secondary N) is 1. The Bertz CT molecular complexity index is 173. The smallest absolute Gasteiger partial charge is 0.307 e. The molecule has 0 aromatic carbocycles. The van der Waals surface area contributed by atoms with Crippen LogP contribution in [0.25, 0.3) is 0 Å². The summed E-state index contributed by atoms with van der Waals surface area (Å²) in [6.07, 6.45) is 2.44. The summed E-state index contributed by atoms with van der Waals surface area (Å²) in [5.74, 6) is 0.182. The fourth-order valence-electron chi connectivity index (χ4n) is 1.30. The molecule has 0 spiro atoms. The highest BCUT2D eigenvalue weighted by Gasteiger charge is 2.08. The van der Waals surface area contributed by atoms with Crippen LogP contribution in [0.4, 0.5) is 0 Å². The van der Waals surface area contributed by atoms with Crippen LogP contribution in [-0.2, 0) is 9.53 Å². The lowest BCUT2D eigenvalue weighted by atomic mass is 10.1. The molecule has 15 heavy (non-hydrogen) atoms. The number of hydrogen-bond donors (Lipinski definition) is 2. The lowest BCUT2D eigenvalue weighted by Crippen LogP contribution is -2.30. The maximum absolute atomic E-state index is 10.9. The Balaban J connectivity index is 3.38. The van der Waals surface area contributed by atoms with Crippen LogP contribution in [0.5, 0.6) is 0 Å². The Labute approximate surface area is 92.0 Å². The molecule has 0 aromatic heterocycles. The Kier molecular flexibility index (Phi) is 8.33. The SMILES string of the molecule is COC(=O)CC(C)NCCCC(C)CO. The molecule has 0 aliphatic carbocycles. The van der Waals surface area contributed by atoms with Crippen LogP contribution in [0.15, 0.2) is 0 Å². The van der Waals surface area contributed by atoms with Gasteiger partial charge >= 0.3 is 5.97 Å². The van der Waals surface area contributed by atoms with Gasteiger partial charge in [-0.1, -0.05) is 6.92 Å². The van der Waals surface area contributed by atoms with E-state index in [1.807, 2.05) is 13.8 Å². The van der Waals surface area contributed by atoms with Crippen LogP contribution < -0.4 is 5.32 Å². The predicted molar refractivity (Wildman–Crippen MR) is 59.6 cm³/mol. The van der Waals surface area contributed by atoms with Crippen LogP contribution in [0.1, 0.15) is 33.1 Å². The molecule has 2 unspecified atom stereocenters. The topological polar surface area (TPSA) is 58.6 Å². The first-order valence-electron chi connectivity index (χ1n) is 5.51. The van der Waals surface area contributed by atoms with E-state index in [0.29, 0.717) is 12.3 Å². The average molecular weight is 217 g/mol. The van der Waals surface area contributed by atoms with Gasteiger partial charge in [-0.3, -0.25) is 4.79 Å². The van der Waals surface area contributed by atoms with Crippen LogP contribution in [0, 0.1) is 5.92 Å². The summed E-state index contributed by atoms with van der Waals surface area (Å²) in [5, 5.41) is 12.1. The van der Waals surface area contributed by atoms with Gasteiger partial charge in [-0.2, -0.15) is 0 Å². The average Bonchev–Trinajstić information content (AvgIpc) is 2.23. The molecule has 4 heteroatoms. The molecule has 0 aliphatic heterocycles. The van der Waals surface area contributed by atoms with E-state index in [-0.39, 0.29) is 18.6 Å². The van der Waals surface area contributed by atoms with Crippen molar-refractivity contribution in [1.82, 2.24) is 5.32 Å². The third-order valence-electron chi connectivity index (χ3n) is 2.38. The summed E-state index contributed by atoms with van der Waals surface area (Å²) < 4.78 is 4.57. The number of carbonyl (C=O) groups is 1. The third-order valence-corrected chi connectivity index (χ3v) is 2.38. The number of ether oxygens (including phenoxy) is 1. The molecule has 0 rings (SSSR count).